The van der Waals surface area contributed by atoms with Gasteiger partial charge in [-0.25, -0.2) is 15.0 Å². The van der Waals surface area contributed by atoms with E-state index in [1.165, 1.54) is 10.3 Å². The van der Waals surface area contributed by atoms with Gasteiger partial charge in [0.2, 0.25) is 0 Å². The molecular formula is C24H21N5S. The highest BCUT2D eigenvalue weighted by Gasteiger charge is 2.12. The lowest BCUT2D eigenvalue weighted by Gasteiger charge is -2.12. The molecule has 5 rings (SSSR count). The molecule has 0 unspecified atom stereocenters. The van der Waals surface area contributed by atoms with Gasteiger partial charge in [0, 0.05) is 34.9 Å². The first-order chi connectivity index (χ1) is 14.6. The van der Waals surface area contributed by atoms with Gasteiger partial charge in [-0.1, -0.05) is 25.5 Å². The largest absolute Gasteiger partial charge is 0.340 e. The summed E-state index contributed by atoms with van der Waals surface area (Å²) in [6, 6.07) is 16.4. The monoisotopic (exact) mass is 411 g/mol. The van der Waals surface area contributed by atoms with Crippen molar-refractivity contribution >= 4 is 44.0 Å². The number of anilines is 2. The first kappa shape index (κ1) is 18.6. The van der Waals surface area contributed by atoms with Gasteiger partial charge in [0.25, 0.3) is 0 Å². The van der Waals surface area contributed by atoms with Crippen molar-refractivity contribution in [2.75, 3.05) is 5.32 Å². The highest BCUT2D eigenvalue weighted by atomic mass is 32.1. The second kappa shape index (κ2) is 7.46. The van der Waals surface area contributed by atoms with Crippen molar-refractivity contribution in [2.45, 2.75) is 26.7 Å². The summed E-state index contributed by atoms with van der Waals surface area (Å²) in [6.45, 7) is 6.43. The summed E-state index contributed by atoms with van der Waals surface area (Å²) < 4.78 is 1.17. The number of hydrogen-bond donors (Lipinski definition) is 1. The molecule has 6 heteroatoms. The van der Waals surface area contributed by atoms with Crippen LogP contribution in [-0.2, 0) is 0 Å². The maximum atomic E-state index is 4.86. The Morgan fingerprint density at radius 3 is 2.47 bits per heavy atom. The molecule has 30 heavy (non-hydrogen) atoms. The van der Waals surface area contributed by atoms with Crippen LogP contribution in [0.2, 0.25) is 0 Å². The molecule has 0 amide bonds. The molecule has 5 aromatic rings. The van der Waals surface area contributed by atoms with Gasteiger partial charge in [-0.2, -0.15) is 0 Å². The lowest BCUT2D eigenvalue weighted by molar-refractivity contribution is 0.857. The molecule has 0 saturated heterocycles. The summed E-state index contributed by atoms with van der Waals surface area (Å²) in [4.78, 5) is 18.5. The highest BCUT2D eigenvalue weighted by molar-refractivity contribution is 7.18. The molecule has 0 spiro atoms. The Morgan fingerprint density at radius 1 is 0.867 bits per heavy atom. The molecule has 2 aromatic carbocycles. The number of nitrogens with zero attached hydrogens (tertiary/aromatic N) is 4. The second-order valence-corrected chi connectivity index (χ2v) is 8.73. The Kier molecular flexibility index (Phi) is 4.64. The molecule has 3 heterocycles. The lowest BCUT2D eigenvalue weighted by atomic mass is 10.1. The van der Waals surface area contributed by atoms with E-state index in [9.17, 15) is 0 Å². The molecule has 5 nitrogen and oxygen atoms in total. The van der Waals surface area contributed by atoms with Crippen LogP contribution in [0.5, 0.6) is 0 Å². The zero-order valence-corrected chi connectivity index (χ0v) is 17.9. The van der Waals surface area contributed by atoms with E-state index in [0.717, 1.165) is 38.5 Å². The third-order valence-corrected chi connectivity index (χ3v) is 6.27. The number of thiazole rings is 1. The Hall–Kier alpha value is -3.38. The van der Waals surface area contributed by atoms with Crippen LogP contribution in [0.1, 0.15) is 30.3 Å². The smallest absolute Gasteiger partial charge is 0.162 e. The molecule has 0 aliphatic rings. The zero-order valence-electron chi connectivity index (χ0n) is 17.0. The number of hydrogen-bond acceptors (Lipinski definition) is 6. The molecule has 0 atom stereocenters. The van der Waals surface area contributed by atoms with Crippen LogP contribution in [0.25, 0.3) is 32.5 Å². The van der Waals surface area contributed by atoms with Crippen molar-refractivity contribution in [1.29, 1.82) is 0 Å². The van der Waals surface area contributed by atoms with E-state index >= 15 is 0 Å². The minimum Gasteiger partial charge on any atom is -0.340 e. The second-order valence-electron chi connectivity index (χ2n) is 7.67. The number of nitrogens with one attached hydrogen (secondary N) is 1. The van der Waals surface area contributed by atoms with Crippen LogP contribution in [0.4, 0.5) is 11.5 Å². The third kappa shape index (κ3) is 3.50. The van der Waals surface area contributed by atoms with Crippen LogP contribution >= 0.6 is 11.3 Å². The first-order valence-corrected chi connectivity index (χ1v) is 10.7. The van der Waals surface area contributed by atoms with Crippen LogP contribution in [-0.4, -0.2) is 19.9 Å². The number of aryl methyl sites for hydroxylation is 1. The van der Waals surface area contributed by atoms with Crippen molar-refractivity contribution in [3.63, 3.8) is 0 Å². The average Bonchev–Trinajstić information content (AvgIpc) is 3.18. The van der Waals surface area contributed by atoms with Gasteiger partial charge in [0.05, 0.1) is 20.7 Å². The number of pyridine rings is 1. The van der Waals surface area contributed by atoms with Gasteiger partial charge in [-0.15, -0.1) is 11.3 Å². The molecule has 0 saturated carbocycles. The maximum Gasteiger partial charge on any atom is 0.162 e. The normalized spacial score (nSPS) is 11.5. The summed E-state index contributed by atoms with van der Waals surface area (Å²) in [5.41, 5.74) is 5.05. The summed E-state index contributed by atoms with van der Waals surface area (Å²) in [7, 11) is 0. The Labute approximate surface area is 178 Å². The first-order valence-electron chi connectivity index (χ1n) is 9.93. The fourth-order valence-corrected chi connectivity index (χ4v) is 4.38. The van der Waals surface area contributed by atoms with Crippen molar-refractivity contribution in [2.24, 2.45) is 0 Å². The standard InChI is InChI=1S/C24H21N5S/c1-14(2)24-28-20-7-5-17(13-21(20)30-24)26-23-18-12-15(3)4-6-19(18)27-22(29-23)16-8-10-25-11-9-16/h4-14H,1-3H3,(H,26,27,29). The van der Waals surface area contributed by atoms with E-state index in [1.54, 1.807) is 23.7 Å². The van der Waals surface area contributed by atoms with Crippen LogP contribution in [0.3, 0.4) is 0 Å². The fraction of sp³-hybridized carbons (Fsp3) is 0.167. The quantitative estimate of drug-likeness (QED) is 0.367. The molecule has 0 radical (unpaired) electrons. The topological polar surface area (TPSA) is 63.6 Å². The minimum atomic E-state index is 0.426. The van der Waals surface area contributed by atoms with Gasteiger partial charge in [-0.3, -0.25) is 4.98 Å². The van der Waals surface area contributed by atoms with Gasteiger partial charge >= 0.3 is 0 Å². The minimum absolute atomic E-state index is 0.426. The van der Waals surface area contributed by atoms with E-state index in [2.05, 4.69) is 61.4 Å². The summed E-state index contributed by atoms with van der Waals surface area (Å²) in [6.07, 6.45) is 3.52. The number of fused-ring (bicyclic) bond motifs is 2. The summed E-state index contributed by atoms with van der Waals surface area (Å²) in [5.74, 6) is 1.90. The number of aromatic nitrogens is 4. The predicted octanol–water partition coefficient (Wildman–Crippen LogP) is 6.48. The maximum absolute atomic E-state index is 4.86. The van der Waals surface area contributed by atoms with E-state index < -0.39 is 0 Å². The van der Waals surface area contributed by atoms with Gasteiger partial charge in [0.15, 0.2) is 5.82 Å². The molecule has 0 aliphatic carbocycles. The lowest BCUT2D eigenvalue weighted by Crippen LogP contribution is -1.99. The van der Waals surface area contributed by atoms with Crippen molar-refractivity contribution in [3.05, 3.63) is 71.5 Å². The average molecular weight is 412 g/mol. The molecule has 3 aromatic heterocycles. The van der Waals surface area contributed by atoms with E-state index in [4.69, 9.17) is 15.0 Å². The zero-order chi connectivity index (χ0) is 20.7. The molecule has 0 fully saturated rings. The van der Waals surface area contributed by atoms with Crippen LogP contribution in [0, 0.1) is 6.92 Å². The Morgan fingerprint density at radius 2 is 1.67 bits per heavy atom. The Balaban J connectivity index is 1.62. The van der Waals surface area contributed by atoms with Gasteiger partial charge < -0.3 is 5.32 Å². The van der Waals surface area contributed by atoms with Gasteiger partial charge in [0.1, 0.15) is 5.82 Å². The van der Waals surface area contributed by atoms with Crippen molar-refractivity contribution in [1.82, 2.24) is 19.9 Å². The predicted molar refractivity (Wildman–Crippen MR) is 124 cm³/mol. The van der Waals surface area contributed by atoms with E-state index in [0.29, 0.717) is 11.7 Å². The molecular weight excluding hydrogens is 390 g/mol. The summed E-state index contributed by atoms with van der Waals surface area (Å²) in [5, 5.41) is 5.68. The summed E-state index contributed by atoms with van der Waals surface area (Å²) >= 11 is 1.75. The van der Waals surface area contributed by atoms with Crippen molar-refractivity contribution < 1.29 is 0 Å². The Bertz CT molecular complexity index is 1360. The molecule has 1 N–H and O–H groups in total. The number of rotatable bonds is 4. The highest BCUT2D eigenvalue weighted by Crippen LogP contribution is 2.32. The van der Waals surface area contributed by atoms with Gasteiger partial charge in [-0.05, 0) is 49.4 Å². The molecule has 0 bridgehead atoms. The molecule has 0 aliphatic heterocycles. The number of benzene rings is 2. The van der Waals surface area contributed by atoms with Crippen LogP contribution in [0.15, 0.2) is 60.9 Å². The fourth-order valence-electron chi connectivity index (χ4n) is 3.37. The third-order valence-electron chi connectivity index (χ3n) is 4.95. The molecule has 148 valence electrons. The van der Waals surface area contributed by atoms with E-state index in [-0.39, 0.29) is 0 Å². The van der Waals surface area contributed by atoms with Crippen molar-refractivity contribution in [3.8, 4) is 11.4 Å². The SMILES string of the molecule is Cc1ccc2nc(-c3ccncc3)nc(Nc3ccc4nc(C(C)C)sc4c3)c2c1. The van der Waals surface area contributed by atoms with Crippen LogP contribution < -0.4 is 5.32 Å². The van der Waals surface area contributed by atoms with E-state index in [1.807, 2.05) is 18.2 Å².